The molecule has 0 aliphatic heterocycles. The molecule has 1 unspecified atom stereocenters. The molecule has 0 heterocycles. The lowest BCUT2D eigenvalue weighted by atomic mass is 10.3. The zero-order valence-corrected chi connectivity index (χ0v) is 18.4. The van der Waals surface area contributed by atoms with Crippen molar-refractivity contribution in [3.8, 4) is 0 Å². The highest BCUT2D eigenvalue weighted by atomic mass is 32.3. The molecule has 0 bridgehead atoms. The summed E-state index contributed by atoms with van der Waals surface area (Å²) >= 11 is 3.67. The van der Waals surface area contributed by atoms with Gasteiger partial charge in [0.05, 0.1) is 9.39 Å². The van der Waals surface area contributed by atoms with E-state index in [0.29, 0.717) is 6.04 Å². The van der Waals surface area contributed by atoms with Gasteiger partial charge in [-0.05, 0) is 13.0 Å². The van der Waals surface area contributed by atoms with Crippen molar-refractivity contribution in [3.63, 3.8) is 0 Å². The van der Waals surface area contributed by atoms with Gasteiger partial charge in [0.25, 0.3) is 0 Å². The summed E-state index contributed by atoms with van der Waals surface area (Å²) < 4.78 is 20.6. The van der Waals surface area contributed by atoms with E-state index in [2.05, 4.69) is 18.7 Å². The highest BCUT2D eigenvalue weighted by molar-refractivity contribution is 8.03. The molecule has 0 aliphatic carbocycles. The minimum absolute atomic E-state index is 0. The van der Waals surface area contributed by atoms with Gasteiger partial charge in [0.2, 0.25) is 0 Å². The molecule has 0 aromatic rings. The van der Waals surface area contributed by atoms with Gasteiger partial charge in [-0.25, -0.2) is 16.9 Å². The SMILES string of the molecule is C=C(C)C(=O)OC(OC)(OC)C(C[SiH3])OC.S.[SiH3]S. The molecule has 0 N–H and O–H groups in total. The zero-order valence-electron chi connectivity index (χ0n) is 12.5. The van der Waals surface area contributed by atoms with Gasteiger partial charge in [0, 0.05) is 37.1 Å². The van der Waals surface area contributed by atoms with E-state index in [1.54, 1.807) is 6.92 Å². The van der Waals surface area contributed by atoms with E-state index in [1.807, 2.05) is 0 Å². The number of carbonyl (C=O) groups is 1. The fourth-order valence-corrected chi connectivity index (χ4v) is 2.11. The molecule has 5 nitrogen and oxygen atoms in total. The van der Waals surface area contributed by atoms with Crippen LogP contribution in [0.1, 0.15) is 6.92 Å². The first-order chi connectivity index (χ1) is 8.47. The largest absolute Gasteiger partial charge is 0.402 e. The van der Waals surface area contributed by atoms with Crippen LogP contribution in [0.2, 0.25) is 6.04 Å². The van der Waals surface area contributed by atoms with Gasteiger partial charge in [-0.2, -0.15) is 13.5 Å². The maximum absolute atomic E-state index is 11.5. The Morgan fingerprint density at radius 1 is 1.32 bits per heavy atom. The summed E-state index contributed by atoms with van der Waals surface area (Å²) in [7, 11) is 6.19. The van der Waals surface area contributed by atoms with Crippen LogP contribution in [-0.4, -0.2) is 59.0 Å². The highest BCUT2D eigenvalue weighted by Crippen LogP contribution is 2.24. The monoisotopic (exact) mass is 346 g/mol. The van der Waals surface area contributed by atoms with Crippen molar-refractivity contribution in [2.45, 2.75) is 25.0 Å². The molecule has 0 saturated heterocycles. The number of hydrogen-bond donors (Lipinski definition) is 1. The molecule has 0 amide bonds. The zero-order chi connectivity index (χ0) is 14.8. The average Bonchev–Trinajstić information content (AvgIpc) is 2.40. The Morgan fingerprint density at radius 3 is 1.95 bits per heavy atom. The molecule has 19 heavy (non-hydrogen) atoms. The average molecular weight is 347 g/mol. The van der Waals surface area contributed by atoms with Crippen LogP contribution in [0.15, 0.2) is 12.2 Å². The van der Waals surface area contributed by atoms with Crippen molar-refractivity contribution in [2.24, 2.45) is 0 Å². The van der Waals surface area contributed by atoms with Gasteiger partial charge in [0.15, 0.2) is 0 Å². The third kappa shape index (κ3) is 7.54. The summed E-state index contributed by atoms with van der Waals surface area (Å²) in [5, 5.41) is 0. The Balaban J connectivity index is -0.000000809. The Bertz CT molecular complexity index is 258. The van der Waals surface area contributed by atoms with Gasteiger partial charge in [0.1, 0.15) is 6.10 Å². The van der Waals surface area contributed by atoms with Crippen molar-refractivity contribution < 1.29 is 23.7 Å². The molecule has 0 fully saturated rings. The number of thiol groups is 1. The lowest BCUT2D eigenvalue weighted by molar-refractivity contribution is -0.377. The predicted molar refractivity (Wildman–Crippen MR) is 92.5 cm³/mol. The van der Waals surface area contributed by atoms with Crippen LogP contribution in [0.4, 0.5) is 0 Å². The molecule has 116 valence electrons. The molecule has 1 atom stereocenters. The second kappa shape index (κ2) is 13.2. The topological polar surface area (TPSA) is 54.0 Å². The van der Waals surface area contributed by atoms with Crippen molar-refractivity contribution in [2.75, 3.05) is 21.3 Å². The Hall–Kier alpha value is 0.224. The Morgan fingerprint density at radius 2 is 1.74 bits per heavy atom. The quantitative estimate of drug-likeness (QED) is 0.214. The summed E-state index contributed by atoms with van der Waals surface area (Å²) in [5.41, 5.74) is 0.279. The minimum Gasteiger partial charge on any atom is -0.402 e. The van der Waals surface area contributed by atoms with Crippen LogP contribution in [0.3, 0.4) is 0 Å². The summed E-state index contributed by atoms with van der Waals surface area (Å²) in [6.45, 7) is 5.06. The lowest BCUT2D eigenvalue weighted by Crippen LogP contribution is -2.50. The van der Waals surface area contributed by atoms with Crippen LogP contribution in [0, 0.1) is 0 Å². The first kappa shape index (κ1) is 24.3. The molecule has 9 heteroatoms. The van der Waals surface area contributed by atoms with E-state index >= 15 is 0 Å². The fourth-order valence-electron chi connectivity index (χ4n) is 1.27. The van der Waals surface area contributed by atoms with E-state index in [9.17, 15) is 4.79 Å². The first-order valence-electron chi connectivity index (χ1n) is 5.44. The molecule has 0 aliphatic rings. The molecule has 0 spiro atoms. The van der Waals surface area contributed by atoms with Crippen molar-refractivity contribution in [1.29, 1.82) is 0 Å². The molecule has 0 aromatic heterocycles. The Kier molecular flexibility index (Phi) is 16.9. The van der Waals surface area contributed by atoms with E-state index < -0.39 is 18.0 Å². The summed E-state index contributed by atoms with van der Waals surface area (Å²) in [6, 6.07) is 0.710. The van der Waals surface area contributed by atoms with Crippen LogP contribution in [-0.2, 0) is 23.7 Å². The van der Waals surface area contributed by atoms with E-state index in [0.717, 1.165) is 19.6 Å². The van der Waals surface area contributed by atoms with Crippen LogP contribution >= 0.6 is 25.6 Å². The number of rotatable bonds is 7. The molecular formula is C10H26O5S2Si2. The van der Waals surface area contributed by atoms with Crippen LogP contribution < -0.4 is 0 Å². The maximum Gasteiger partial charge on any atom is 0.356 e. The Labute approximate surface area is 133 Å². The number of carbonyl (C=O) groups excluding carboxylic acids is 1. The van der Waals surface area contributed by atoms with E-state index in [1.165, 1.54) is 21.3 Å². The van der Waals surface area contributed by atoms with Crippen molar-refractivity contribution >= 4 is 51.2 Å². The van der Waals surface area contributed by atoms with Crippen LogP contribution in [0.25, 0.3) is 0 Å². The van der Waals surface area contributed by atoms with Gasteiger partial charge in [-0.15, -0.1) is 0 Å². The number of hydrogen-bond acceptors (Lipinski definition) is 6. The smallest absolute Gasteiger partial charge is 0.356 e. The fraction of sp³-hybridized carbons (Fsp3) is 0.700. The molecule has 0 saturated carbocycles. The third-order valence-electron chi connectivity index (χ3n) is 2.20. The van der Waals surface area contributed by atoms with Gasteiger partial charge in [-0.3, -0.25) is 0 Å². The van der Waals surface area contributed by atoms with Crippen molar-refractivity contribution in [3.05, 3.63) is 12.2 Å². The van der Waals surface area contributed by atoms with Crippen LogP contribution in [0.5, 0.6) is 0 Å². The predicted octanol–water partition coefficient (Wildman–Crippen LogP) is -0.840. The van der Waals surface area contributed by atoms with Gasteiger partial charge >= 0.3 is 11.9 Å². The normalized spacial score (nSPS) is 11.8. The first-order valence-corrected chi connectivity index (χ1v) is 10.4. The third-order valence-corrected chi connectivity index (χ3v) is 2.94. The molecular weight excluding hydrogens is 320 g/mol. The second-order valence-electron chi connectivity index (χ2n) is 3.31. The lowest BCUT2D eigenvalue weighted by Gasteiger charge is -2.35. The molecule has 0 radical (unpaired) electrons. The standard InChI is InChI=1S/C10H20O5Si.H4SSi.H2S/c1-7(2)9(11)15-10(13-4,14-5)8(6-16)12-3;1-2;/h8H,1,6H2,2-5,16H3;1H,2H3;1H2. The summed E-state index contributed by atoms with van der Waals surface area (Å²) in [5.74, 6) is -2.06. The second-order valence-corrected chi connectivity index (χ2v) is 4.13. The minimum atomic E-state index is -1.49. The van der Waals surface area contributed by atoms with E-state index in [-0.39, 0.29) is 19.1 Å². The molecule has 0 rings (SSSR count). The maximum atomic E-state index is 11.5. The number of ether oxygens (including phenoxy) is 4. The van der Waals surface area contributed by atoms with Crippen molar-refractivity contribution in [1.82, 2.24) is 0 Å². The number of methoxy groups -OCH3 is 3. The summed E-state index contributed by atoms with van der Waals surface area (Å²) in [6.07, 6.45) is -0.447. The van der Waals surface area contributed by atoms with Gasteiger partial charge < -0.3 is 18.9 Å². The molecule has 0 aromatic carbocycles. The van der Waals surface area contributed by atoms with Gasteiger partial charge in [-0.1, -0.05) is 6.58 Å². The highest BCUT2D eigenvalue weighted by Gasteiger charge is 2.43. The summed E-state index contributed by atoms with van der Waals surface area (Å²) in [4.78, 5) is 11.5. The van der Waals surface area contributed by atoms with E-state index in [4.69, 9.17) is 18.9 Å². The number of esters is 1.